The van der Waals surface area contributed by atoms with Crippen LogP contribution in [0.4, 0.5) is 4.79 Å². The number of likely N-dealkylation sites (tertiary alicyclic amines) is 1. The van der Waals surface area contributed by atoms with E-state index in [0.717, 1.165) is 56.9 Å². The fourth-order valence-electron chi connectivity index (χ4n) is 7.70. The van der Waals surface area contributed by atoms with Crippen molar-refractivity contribution in [2.24, 2.45) is 23.0 Å². The van der Waals surface area contributed by atoms with E-state index in [1.165, 1.54) is 18.0 Å². The first-order chi connectivity index (χ1) is 23.3. The van der Waals surface area contributed by atoms with Crippen molar-refractivity contribution < 1.29 is 28.7 Å². The third-order valence-electron chi connectivity index (χ3n) is 10.1. The summed E-state index contributed by atoms with van der Waals surface area (Å²) in [6.07, 6.45) is 7.98. The molecule has 1 aliphatic heterocycles. The van der Waals surface area contributed by atoms with Gasteiger partial charge < -0.3 is 30.7 Å². The van der Waals surface area contributed by atoms with Gasteiger partial charge in [-0.2, -0.15) is 0 Å². The number of primary amides is 1. The van der Waals surface area contributed by atoms with Gasteiger partial charge in [-0.1, -0.05) is 71.2 Å². The highest BCUT2D eigenvalue weighted by Gasteiger charge is 2.46. The van der Waals surface area contributed by atoms with Crippen LogP contribution in [0.5, 0.6) is 5.75 Å². The first-order valence-electron chi connectivity index (χ1n) is 17.4. The summed E-state index contributed by atoms with van der Waals surface area (Å²) in [5.41, 5.74) is 7.08. The average molecular weight is 697 g/mol. The van der Waals surface area contributed by atoms with Crippen LogP contribution in [0, 0.1) is 17.3 Å². The van der Waals surface area contributed by atoms with Crippen LogP contribution >= 0.6 is 11.6 Å². The number of rotatable bonds is 10. The highest BCUT2D eigenvalue weighted by molar-refractivity contribution is 6.28. The number of benzene rings is 1. The van der Waals surface area contributed by atoms with E-state index >= 15 is 0 Å². The molecule has 5 rings (SSSR count). The zero-order valence-corrected chi connectivity index (χ0v) is 29.6. The molecule has 0 spiro atoms. The lowest BCUT2D eigenvalue weighted by Gasteiger charge is -2.37. The second-order valence-corrected chi connectivity index (χ2v) is 15.1. The standard InChI is InChI=1S/C36H49ClN6O6/c1-21(30(36(2,3)4)49-35(38)47)31(44)42-29(23-12-6-5-7-13-23)33(46)43-20-24(48-25-18-39-34(37)40-19-25)17-28(43)32(45)41-27-16-10-14-22-11-8-9-15-26(22)27/h8-9,11,15,18-19,21,23-24,27-30H,5-7,10,12-14,16-17,20H2,1-4H3,(H2,38,47)(H,41,45)(H,42,44)/t21-,24-,27+,28-,29-,30?/m0/s1. The molecule has 2 heterocycles. The quantitative estimate of drug-likeness (QED) is 0.296. The minimum Gasteiger partial charge on any atom is -0.485 e. The SMILES string of the molecule is C[C@H](C(=O)N[C@H](C(=O)N1C[C@@H](Oc2cnc(Cl)nc2)C[C@H]1C(=O)N[C@@H]1CCCc2ccccc21)C1CCCCC1)C(OC(N)=O)C(C)(C)C. The van der Waals surface area contributed by atoms with Crippen LogP contribution < -0.4 is 21.1 Å². The number of aromatic nitrogens is 2. The highest BCUT2D eigenvalue weighted by atomic mass is 35.5. The Hall–Kier alpha value is -3.93. The second kappa shape index (κ2) is 15.7. The maximum absolute atomic E-state index is 14.7. The molecule has 1 saturated carbocycles. The fourth-order valence-corrected chi connectivity index (χ4v) is 7.80. The molecule has 4 amide bonds. The first-order valence-corrected chi connectivity index (χ1v) is 17.8. The Morgan fingerprint density at radius 2 is 1.71 bits per heavy atom. The van der Waals surface area contributed by atoms with Gasteiger partial charge in [-0.25, -0.2) is 14.8 Å². The molecule has 2 aliphatic carbocycles. The largest absolute Gasteiger partial charge is 0.485 e. The fraction of sp³-hybridized carbons (Fsp3) is 0.611. The molecule has 1 unspecified atom stereocenters. The maximum atomic E-state index is 14.7. The summed E-state index contributed by atoms with van der Waals surface area (Å²) in [5, 5.41) is 6.37. The number of amides is 4. The zero-order valence-electron chi connectivity index (χ0n) is 28.8. The van der Waals surface area contributed by atoms with Crippen LogP contribution in [-0.2, 0) is 25.5 Å². The maximum Gasteiger partial charge on any atom is 0.404 e. The molecule has 0 radical (unpaired) electrons. The number of carbonyl (C=O) groups excluding carboxylic acids is 4. The third kappa shape index (κ3) is 9.00. The Kier molecular flexibility index (Phi) is 11.7. The predicted octanol–water partition coefficient (Wildman–Crippen LogP) is 4.88. The molecule has 2 aromatic rings. The number of hydrogen-bond acceptors (Lipinski definition) is 8. The molecule has 12 nitrogen and oxygen atoms in total. The van der Waals surface area contributed by atoms with Gasteiger partial charge in [-0.3, -0.25) is 14.4 Å². The minimum absolute atomic E-state index is 0.0795. The van der Waals surface area contributed by atoms with Gasteiger partial charge in [0, 0.05) is 6.42 Å². The van der Waals surface area contributed by atoms with E-state index in [9.17, 15) is 19.2 Å². The van der Waals surface area contributed by atoms with E-state index in [0.29, 0.717) is 5.75 Å². The summed E-state index contributed by atoms with van der Waals surface area (Å²) in [7, 11) is 0. The molecule has 6 atom stereocenters. The van der Waals surface area contributed by atoms with Crippen LogP contribution in [0.15, 0.2) is 36.7 Å². The van der Waals surface area contributed by atoms with Crippen molar-refractivity contribution in [3.05, 3.63) is 53.1 Å². The number of nitrogens with one attached hydrogen (secondary N) is 2. The molecule has 1 saturated heterocycles. The molecule has 3 aliphatic rings. The summed E-state index contributed by atoms with van der Waals surface area (Å²) in [6.45, 7) is 7.38. The lowest BCUT2D eigenvalue weighted by atomic mass is 9.80. The van der Waals surface area contributed by atoms with Gasteiger partial charge in [0.05, 0.1) is 30.9 Å². The van der Waals surface area contributed by atoms with E-state index in [1.54, 1.807) is 11.8 Å². The molecule has 1 aromatic heterocycles. The summed E-state index contributed by atoms with van der Waals surface area (Å²) in [5.74, 6) is -1.57. The van der Waals surface area contributed by atoms with Crippen molar-refractivity contribution in [2.45, 2.75) is 116 Å². The van der Waals surface area contributed by atoms with Gasteiger partial charge >= 0.3 is 6.09 Å². The van der Waals surface area contributed by atoms with E-state index in [4.69, 9.17) is 26.8 Å². The smallest absolute Gasteiger partial charge is 0.404 e. The summed E-state index contributed by atoms with van der Waals surface area (Å²) in [4.78, 5) is 64.1. The Balaban J connectivity index is 1.41. The van der Waals surface area contributed by atoms with E-state index in [-0.39, 0.29) is 42.0 Å². The van der Waals surface area contributed by atoms with Crippen LogP contribution in [0.1, 0.15) is 96.2 Å². The topological polar surface area (TPSA) is 166 Å². The normalized spacial score (nSPS) is 23.0. The number of halogens is 1. The first kappa shape index (κ1) is 36.4. The van der Waals surface area contributed by atoms with E-state index < -0.39 is 47.6 Å². The highest BCUT2D eigenvalue weighted by Crippen LogP contribution is 2.34. The molecule has 2 fully saturated rings. The minimum atomic E-state index is -0.969. The van der Waals surface area contributed by atoms with Crippen molar-refractivity contribution >= 4 is 35.4 Å². The second-order valence-electron chi connectivity index (χ2n) is 14.7. The van der Waals surface area contributed by atoms with Crippen molar-refractivity contribution in [2.75, 3.05) is 6.54 Å². The van der Waals surface area contributed by atoms with Gasteiger partial charge in [-0.15, -0.1) is 0 Å². The van der Waals surface area contributed by atoms with Gasteiger partial charge in [0.2, 0.25) is 23.0 Å². The third-order valence-corrected chi connectivity index (χ3v) is 10.3. The molecule has 49 heavy (non-hydrogen) atoms. The van der Waals surface area contributed by atoms with Crippen LogP contribution in [0.25, 0.3) is 0 Å². The number of fused-ring (bicyclic) bond motifs is 1. The molecule has 0 bridgehead atoms. The number of nitrogens with two attached hydrogens (primary N) is 1. The lowest BCUT2D eigenvalue weighted by Crippen LogP contribution is -2.58. The number of hydrogen-bond donors (Lipinski definition) is 3. The molecule has 13 heteroatoms. The van der Waals surface area contributed by atoms with E-state index in [2.05, 4.69) is 26.7 Å². The van der Waals surface area contributed by atoms with Gasteiger partial charge in [-0.05, 0) is 66.2 Å². The number of nitrogens with zero attached hydrogens (tertiary/aromatic N) is 3. The van der Waals surface area contributed by atoms with Crippen molar-refractivity contribution in [1.29, 1.82) is 0 Å². The van der Waals surface area contributed by atoms with Crippen LogP contribution in [-0.4, -0.2) is 69.5 Å². The lowest BCUT2D eigenvalue weighted by molar-refractivity contribution is -0.144. The summed E-state index contributed by atoms with van der Waals surface area (Å²) >= 11 is 5.88. The van der Waals surface area contributed by atoms with Gasteiger partial charge in [0.25, 0.3) is 0 Å². The number of ether oxygens (including phenoxy) is 2. The molecular formula is C36H49ClN6O6. The van der Waals surface area contributed by atoms with Crippen molar-refractivity contribution in [3.8, 4) is 5.75 Å². The molecule has 4 N–H and O–H groups in total. The van der Waals surface area contributed by atoms with Gasteiger partial charge in [0.1, 0.15) is 24.3 Å². The van der Waals surface area contributed by atoms with E-state index in [1.807, 2.05) is 39.0 Å². The number of carbonyl (C=O) groups is 4. The zero-order chi connectivity index (χ0) is 35.3. The van der Waals surface area contributed by atoms with Crippen LogP contribution in [0.3, 0.4) is 0 Å². The monoisotopic (exact) mass is 696 g/mol. The summed E-state index contributed by atoms with van der Waals surface area (Å²) < 4.78 is 11.6. The Bertz CT molecular complexity index is 1490. The Morgan fingerprint density at radius 1 is 1.02 bits per heavy atom. The van der Waals surface area contributed by atoms with Gasteiger partial charge in [0.15, 0.2) is 5.75 Å². The predicted molar refractivity (Wildman–Crippen MR) is 183 cm³/mol. The molecule has 1 aromatic carbocycles. The Morgan fingerprint density at radius 3 is 2.39 bits per heavy atom. The van der Waals surface area contributed by atoms with Crippen LogP contribution in [0.2, 0.25) is 5.28 Å². The molecular weight excluding hydrogens is 648 g/mol. The summed E-state index contributed by atoms with van der Waals surface area (Å²) in [6, 6.07) is 6.24. The Labute approximate surface area is 293 Å². The number of aryl methyl sites for hydroxylation is 1. The van der Waals surface area contributed by atoms with Crippen molar-refractivity contribution in [3.63, 3.8) is 0 Å². The average Bonchev–Trinajstić information content (AvgIpc) is 3.50. The molecule has 266 valence electrons. The van der Waals surface area contributed by atoms with Crippen molar-refractivity contribution in [1.82, 2.24) is 25.5 Å².